The predicted octanol–water partition coefficient (Wildman–Crippen LogP) is 4.08. The van der Waals surface area contributed by atoms with Crippen LogP contribution in [-0.2, 0) is 0 Å². The molecule has 0 saturated carbocycles. The van der Waals surface area contributed by atoms with E-state index in [4.69, 9.17) is 9.47 Å². The number of halogens is 1. The second-order valence-electron chi connectivity index (χ2n) is 4.43. The fourth-order valence-electron chi connectivity index (χ4n) is 2.13. The summed E-state index contributed by atoms with van der Waals surface area (Å²) < 4.78 is 11.5. The Morgan fingerprint density at radius 2 is 1.81 bits per heavy atom. The van der Waals surface area contributed by atoms with Gasteiger partial charge in [-0.3, -0.25) is 4.98 Å². The van der Waals surface area contributed by atoms with Crippen molar-refractivity contribution in [2.24, 2.45) is 0 Å². The Hall–Kier alpha value is -2.14. The molecule has 0 aliphatic carbocycles. The molecule has 0 bridgehead atoms. The van der Waals surface area contributed by atoms with Gasteiger partial charge >= 0.3 is 0 Å². The summed E-state index contributed by atoms with van der Waals surface area (Å²) >= 11 is 3.51. The summed E-state index contributed by atoms with van der Waals surface area (Å²) in [5.41, 5.74) is 3.41. The summed E-state index contributed by atoms with van der Waals surface area (Å²) in [6.07, 6.45) is 1.76. The molecule has 0 N–H and O–H groups in total. The number of methoxy groups -OCH3 is 2. The van der Waals surface area contributed by atoms with Crippen LogP contribution in [-0.4, -0.2) is 24.2 Å². The number of nitrogens with zero attached hydrogens (tertiary/aromatic N) is 2. The van der Waals surface area contributed by atoms with Gasteiger partial charge in [-0.05, 0) is 46.3 Å². The van der Waals surface area contributed by atoms with E-state index in [1.807, 2.05) is 36.4 Å². The van der Waals surface area contributed by atoms with E-state index in [1.54, 1.807) is 20.4 Å². The zero-order valence-electron chi connectivity index (χ0n) is 11.6. The molecule has 2 aromatic carbocycles. The van der Waals surface area contributed by atoms with Crippen molar-refractivity contribution in [1.82, 2.24) is 9.97 Å². The average molecular weight is 345 g/mol. The van der Waals surface area contributed by atoms with Gasteiger partial charge in [0.15, 0.2) is 11.5 Å². The first-order chi connectivity index (χ1) is 10.2. The maximum absolute atomic E-state index is 5.33. The molecule has 0 atom stereocenters. The second-order valence-corrected chi connectivity index (χ2v) is 5.29. The Balaban J connectivity index is 2.14. The third kappa shape index (κ3) is 2.56. The predicted molar refractivity (Wildman–Crippen MR) is 85.8 cm³/mol. The second kappa shape index (κ2) is 5.69. The molecule has 0 fully saturated rings. The van der Waals surface area contributed by atoms with Crippen molar-refractivity contribution >= 4 is 27.0 Å². The first kappa shape index (κ1) is 13.8. The van der Waals surface area contributed by atoms with Crippen molar-refractivity contribution in [3.8, 4) is 22.8 Å². The maximum Gasteiger partial charge on any atom is 0.161 e. The quantitative estimate of drug-likeness (QED) is 0.718. The molecule has 1 heterocycles. The minimum absolute atomic E-state index is 0.670. The van der Waals surface area contributed by atoms with Crippen molar-refractivity contribution in [1.29, 1.82) is 0 Å². The Bertz CT molecular complexity index is 805. The Morgan fingerprint density at radius 1 is 1.00 bits per heavy atom. The van der Waals surface area contributed by atoms with E-state index in [-0.39, 0.29) is 0 Å². The largest absolute Gasteiger partial charge is 0.493 e. The molecule has 3 rings (SSSR count). The highest BCUT2D eigenvalue weighted by Gasteiger charge is 2.09. The van der Waals surface area contributed by atoms with Gasteiger partial charge in [0, 0.05) is 10.0 Å². The van der Waals surface area contributed by atoms with E-state index >= 15 is 0 Å². The molecule has 0 saturated heterocycles. The highest BCUT2D eigenvalue weighted by Crippen LogP contribution is 2.32. The number of aromatic nitrogens is 2. The van der Waals surface area contributed by atoms with Gasteiger partial charge in [0.2, 0.25) is 0 Å². The summed E-state index contributed by atoms with van der Waals surface area (Å²) in [4.78, 5) is 9.12. The minimum Gasteiger partial charge on any atom is -0.493 e. The highest BCUT2D eigenvalue weighted by atomic mass is 79.9. The van der Waals surface area contributed by atoms with Crippen molar-refractivity contribution in [2.75, 3.05) is 14.2 Å². The lowest BCUT2D eigenvalue weighted by Crippen LogP contribution is -1.93. The van der Waals surface area contributed by atoms with E-state index in [1.165, 1.54) is 0 Å². The fraction of sp³-hybridized carbons (Fsp3) is 0.125. The Labute approximate surface area is 130 Å². The van der Waals surface area contributed by atoms with Gasteiger partial charge in [0.1, 0.15) is 5.52 Å². The van der Waals surface area contributed by atoms with Crippen LogP contribution >= 0.6 is 15.9 Å². The van der Waals surface area contributed by atoms with Gasteiger partial charge < -0.3 is 9.47 Å². The van der Waals surface area contributed by atoms with Crippen LogP contribution in [0, 0.1) is 0 Å². The summed E-state index contributed by atoms with van der Waals surface area (Å²) in [5.74, 6) is 1.36. The van der Waals surface area contributed by atoms with Crippen molar-refractivity contribution in [2.45, 2.75) is 0 Å². The van der Waals surface area contributed by atoms with Crippen LogP contribution in [0.3, 0.4) is 0 Å². The van der Waals surface area contributed by atoms with E-state index in [2.05, 4.69) is 25.9 Å². The van der Waals surface area contributed by atoms with E-state index in [0.29, 0.717) is 11.5 Å². The van der Waals surface area contributed by atoms with Gasteiger partial charge in [-0.1, -0.05) is 6.07 Å². The summed E-state index contributed by atoms with van der Waals surface area (Å²) in [7, 11) is 3.23. The zero-order chi connectivity index (χ0) is 14.8. The van der Waals surface area contributed by atoms with Crippen LogP contribution in [0.5, 0.6) is 11.5 Å². The smallest absolute Gasteiger partial charge is 0.161 e. The number of hydrogen-bond donors (Lipinski definition) is 0. The third-order valence-electron chi connectivity index (χ3n) is 3.20. The lowest BCUT2D eigenvalue weighted by atomic mass is 10.1. The van der Waals surface area contributed by atoms with Crippen LogP contribution in [0.15, 0.2) is 47.1 Å². The van der Waals surface area contributed by atoms with Crippen LogP contribution in [0.1, 0.15) is 0 Å². The number of hydrogen-bond acceptors (Lipinski definition) is 4. The maximum atomic E-state index is 5.33. The van der Waals surface area contributed by atoms with Gasteiger partial charge in [-0.15, -0.1) is 0 Å². The molecule has 0 aliphatic rings. The average Bonchev–Trinajstić information content (AvgIpc) is 2.54. The van der Waals surface area contributed by atoms with Crippen molar-refractivity contribution in [3.63, 3.8) is 0 Å². The van der Waals surface area contributed by atoms with E-state index in [9.17, 15) is 0 Å². The fourth-order valence-corrected chi connectivity index (χ4v) is 2.58. The molecule has 0 spiro atoms. The normalized spacial score (nSPS) is 10.6. The van der Waals surface area contributed by atoms with Gasteiger partial charge in [-0.25, -0.2) is 4.98 Å². The minimum atomic E-state index is 0.670. The molecule has 0 unspecified atom stereocenters. The zero-order valence-corrected chi connectivity index (χ0v) is 13.2. The molecule has 3 aromatic rings. The van der Waals surface area contributed by atoms with Crippen molar-refractivity contribution in [3.05, 3.63) is 47.1 Å². The summed E-state index contributed by atoms with van der Waals surface area (Å²) in [6.45, 7) is 0. The van der Waals surface area contributed by atoms with Gasteiger partial charge in [0.05, 0.1) is 31.6 Å². The van der Waals surface area contributed by atoms with Crippen LogP contribution < -0.4 is 9.47 Å². The number of fused-ring (bicyclic) bond motifs is 1. The molecule has 1 aromatic heterocycles. The highest BCUT2D eigenvalue weighted by molar-refractivity contribution is 9.10. The molecule has 0 radical (unpaired) electrons. The molecule has 21 heavy (non-hydrogen) atoms. The first-order valence-corrected chi connectivity index (χ1v) is 7.16. The van der Waals surface area contributed by atoms with Crippen LogP contribution in [0.25, 0.3) is 22.3 Å². The lowest BCUT2D eigenvalue weighted by molar-refractivity contribution is 0.355. The summed E-state index contributed by atoms with van der Waals surface area (Å²) in [5, 5.41) is 0. The number of rotatable bonds is 3. The monoisotopic (exact) mass is 344 g/mol. The molecule has 0 aliphatic heterocycles. The van der Waals surface area contributed by atoms with E-state index < -0.39 is 0 Å². The molecule has 4 nitrogen and oxygen atoms in total. The Morgan fingerprint density at radius 3 is 2.57 bits per heavy atom. The lowest BCUT2D eigenvalue weighted by Gasteiger charge is -2.09. The molecule has 5 heteroatoms. The van der Waals surface area contributed by atoms with E-state index in [0.717, 1.165) is 26.8 Å². The Kier molecular flexibility index (Phi) is 3.75. The molecular weight excluding hydrogens is 332 g/mol. The number of para-hydroxylation sites is 1. The topological polar surface area (TPSA) is 44.2 Å². The van der Waals surface area contributed by atoms with Crippen LogP contribution in [0.4, 0.5) is 0 Å². The first-order valence-electron chi connectivity index (χ1n) is 6.36. The molecule has 106 valence electrons. The summed E-state index contributed by atoms with van der Waals surface area (Å²) in [6, 6.07) is 11.5. The standard InChI is InChI=1S/C16H13BrN2O2/c1-20-14-7-6-10(8-15(14)21-2)13-9-18-12-5-3-4-11(17)16(12)19-13/h3-9H,1-2H3. The molecular formula is C16H13BrN2O2. The number of ether oxygens (including phenoxy) is 2. The third-order valence-corrected chi connectivity index (χ3v) is 3.84. The van der Waals surface area contributed by atoms with Gasteiger partial charge in [0.25, 0.3) is 0 Å². The SMILES string of the molecule is COc1ccc(-c2cnc3cccc(Br)c3n2)cc1OC. The van der Waals surface area contributed by atoms with Gasteiger partial charge in [-0.2, -0.15) is 0 Å². The number of benzene rings is 2. The van der Waals surface area contributed by atoms with Crippen molar-refractivity contribution < 1.29 is 9.47 Å². The molecule has 0 amide bonds. The van der Waals surface area contributed by atoms with Crippen LogP contribution in [0.2, 0.25) is 0 Å².